The first-order valence-electron chi connectivity index (χ1n) is 8.33. The first kappa shape index (κ1) is 17.9. The van der Waals surface area contributed by atoms with Gasteiger partial charge in [0.2, 0.25) is 0 Å². The van der Waals surface area contributed by atoms with Gasteiger partial charge in [-0.2, -0.15) is 0 Å². The predicted octanol–water partition coefficient (Wildman–Crippen LogP) is 3.05. The van der Waals surface area contributed by atoms with Crippen LogP contribution in [0.3, 0.4) is 0 Å². The molecule has 1 aliphatic heterocycles. The summed E-state index contributed by atoms with van der Waals surface area (Å²) in [4.78, 5) is 15.0. The highest BCUT2D eigenvalue weighted by Gasteiger charge is 2.27. The van der Waals surface area contributed by atoms with Gasteiger partial charge >= 0.3 is 0 Å². The quantitative estimate of drug-likeness (QED) is 0.816. The third-order valence-electron chi connectivity index (χ3n) is 4.70. The molecular formula is C18H23ClFN5. The average molecular weight is 364 g/mol. The number of rotatable bonds is 5. The van der Waals surface area contributed by atoms with Gasteiger partial charge in [0.05, 0.1) is 0 Å². The first-order chi connectivity index (χ1) is 12.0. The Bertz CT molecular complexity index is 719. The minimum atomic E-state index is -0.240. The lowest BCUT2D eigenvalue weighted by Gasteiger charge is -2.26. The summed E-state index contributed by atoms with van der Waals surface area (Å²) in [6, 6.07) is 7.15. The van der Waals surface area contributed by atoms with Crippen molar-refractivity contribution in [3.05, 3.63) is 47.0 Å². The van der Waals surface area contributed by atoms with E-state index in [2.05, 4.69) is 19.8 Å². The highest BCUT2D eigenvalue weighted by atomic mass is 35.5. The van der Waals surface area contributed by atoms with Crippen molar-refractivity contribution < 1.29 is 4.39 Å². The maximum atomic E-state index is 14.0. The molecule has 134 valence electrons. The standard InChI is InChI=1S/C18H23ClFN5/c1-23(2)17-9-18(22-12-21-17)24(3)13-7-8-25(10-13)11-14-15(19)5-4-6-16(14)20/h4-6,9,12-13H,7-8,10-11H2,1-3H3. The fraction of sp³-hybridized carbons (Fsp3) is 0.444. The van der Waals surface area contributed by atoms with Gasteiger partial charge in [-0.05, 0) is 18.6 Å². The van der Waals surface area contributed by atoms with Gasteiger partial charge in [0.15, 0.2) is 0 Å². The number of likely N-dealkylation sites (tertiary alicyclic amines) is 1. The zero-order chi connectivity index (χ0) is 18.0. The van der Waals surface area contributed by atoms with Gasteiger partial charge in [0, 0.05) is 63.5 Å². The smallest absolute Gasteiger partial charge is 0.134 e. The second-order valence-corrected chi connectivity index (χ2v) is 7.02. The van der Waals surface area contributed by atoms with E-state index in [1.54, 1.807) is 18.5 Å². The zero-order valence-corrected chi connectivity index (χ0v) is 15.5. The van der Waals surface area contributed by atoms with E-state index in [0.29, 0.717) is 23.2 Å². The third kappa shape index (κ3) is 4.02. The van der Waals surface area contributed by atoms with Gasteiger partial charge in [0.1, 0.15) is 23.8 Å². The first-order valence-corrected chi connectivity index (χ1v) is 8.71. The molecule has 2 aromatic rings. The molecular weight excluding hydrogens is 341 g/mol. The van der Waals surface area contributed by atoms with Crippen LogP contribution < -0.4 is 9.80 Å². The normalized spacial score (nSPS) is 17.7. The molecule has 0 N–H and O–H groups in total. The number of halogens is 2. The topological polar surface area (TPSA) is 35.5 Å². The summed E-state index contributed by atoms with van der Waals surface area (Å²) in [5.74, 6) is 1.54. The summed E-state index contributed by atoms with van der Waals surface area (Å²) >= 11 is 6.15. The third-order valence-corrected chi connectivity index (χ3v) is 5.05. The Balaban J connectivity index is 1.67. The number of nitrogens with zero attached hydrogens (tertiary/aromatic N) is 5. The molecule has 0 saturated carbocycles. The van der Waals surface area contributed by atoms with Crippen molar-refractivity contribution in [3.63, 3.8) is 0 Å². The van der Waals surface area contributed by atoms with Crippen molar-refractivity contribution in [1.82, 2.24) is 14.9 Å². The molecule has 1 unspecified atom stereocenters. The molecule has 2 heterocycles. The molecule has 0 radical (unpaired) electrons. The lowest BCUT2D eigenvalue weighted by molar-refractivity contribution is 0.320. The van der Waals surface area contributed by atoms with Crippen LogP contribution in [0.5, 0.6) is 0 Å². The van der Waals surface area contributed by atoms with Crippen molar-refractivity contribution >= 4 is 23.2 Å². The summed E-state index contributed by atoms with van der Waals surface area (Å²) in [7, 11) is 5.97. The number of benzene rings is 1. The fourth-order valence-corrected chi connectivity index (χ4v) is 3.36. The molecule has 1 aliphatic rings. The van der Waals surface area contributed by atoms with E-state index in [9.17, 15) is 4.39 Å². The Morgan fingerprint density at radius 3 is 2.72 bits per heavy atom. The SMILES string of the molecule is CN(C)c1cc(N(C)C2CCN(Cc3c(F)cccc3Cl)C2)ncn1. The van der Waals surface area contributed by atoms with E-state index in [1.807, 2.05) is 32.1 Å². The Morgan fingerprint density at radius 2 is 2.00 bits per heavy atom. The minimum Gasteiger partial charge on any atom is -0.363 e. The predicted molar refractivity (Wildman–Crippen MR) is 99.9 cm³/mol. The number of hydrogen-bond acceptors (Lipinski definition) is 5. The summed E-state index contributed by atoms with van der Waals surface area (Å²) in [5, 5.41) is 0.489. The van der Waals surface area contributed by atoms with Crippen LogP contribution in [0.25, 0.3) is 0 Å². The Hall–Kier alpha value is -1.92. The van der Waals surface area contributed by atoms with E-state index >= 15 is 0 Å². The van der Waals surface area contributed by atoms with E-state index < -0.39 is 0 Å². The average Bonchev–Trinajstić information content (AvgIpc) is 3.06. The van der Waals surface area contributed by atoms with Crippen LogP contribution >= 0.6 is 11.6 Å². The van der Waals surface area contributed by atoms with Crippen LogP contribution in [0.15, 0.2) is 30.6 Å². The number of hydrogen-bond donors (Lipinski definition) is 0. The van der Waals surface area contributed by atoms with E-state index in [-0.39, 0.29) is 5.82 Å². The minimum absolute atomic E-state index is 0.240. The van der Waals surface area contributed by atoms with Crippen LogP contribution in [0.4, 0.5) is 16.0 Å². The van der Waals surface area contributed by atoms with Crippen molar-refractivity contribution in [2.24, 2.45) is 0 Å². The molecule has 25 heavy (non-hydrogen) atoms. The maximum Gasteiger partial charge on any atom is 0.134 e. The van der Waals surface area contributed by atoms with Crippen molar-refractivity contribution in [1.29, 1.82) is 0 Å². The van der Waals surface area contributed by atoms with Crippen molar-refractivity contribution in [3.8, 4) is 0 Å². The van der Waals surface area contributed by atoms with Gasteiger partial charge in [-0.25, -0.2) is 14.4 Å². The molecule has 1 aromatic carbocycles. The molecule has 3 rings (SSSR count). The lowest BCUT2D eigenvalue weighted by atomic mass is 10.2. The van der Waals surface area contributed by atoms with Gasteiger partial charge in [-0.15, -0.1) is 0 Å². The molecule has 0 amide bonds. The van der Waals surface area contributed by atoms with E-state index in [1.165, 1.54) is 6.07 Å². The zero-order valence-electron chi connectivity index (χ0n) is 14.8. The van der Waals surface area contributed by atoms with Crippen LogP contribution in [-0.2, 0) is 6.54 Å². The molecule has 1 fully saturated rings. The van der Waals surface area contributed by atoms with Crippen molar-refractivity contribution in [2.45, 2.75) is 19.0 Å². The Morgan fingerprint density at radius 1 is 1.24 bits per heavy atom. The Kier molecular flexibility index (Phi) is 5.39. The van der Waals surface area contributed by atoms with Crippen LogP contribution in [0.2, 0.25) is 5.02 Å². The van der Waals surface area contributed by atoms with Crippen LogP contribution in [-0.4, -0.2) is 55.1 Å². The maximum absolute atomic E-state index is 14.0. The summed E-state index contributed by atoms with van der Waals surface area (Å²) < 4.78 is 14.0. The summed E-state index contributed by atoms with van der Waals surface area (Å²) in [6.07, 6.45) is 2.59. The second-order valence-electron chi connectivity index (χ2n) is 6.62. The van der Waals surface area contributed by atoms with E-state index in [4.69, 9.17) is 11.6 Å². The summed E-state index contributed by atoms with van der Waals surface area (Å²) in [6.45, 7) is 2.29. The largest absolute Gasteiger partial charge is 0.363 e. The molecule has 0 aliphatic carbocycles. The van der Waals surface area contributed by atoms with Crippen LogP contribution in [0.1, 0.15) is 12.0 Å². The highest BCUT2D eigenvalue weighted by Crippen LogP contribution is 2.26. The Labute approximate surface area is 153 Å². The molecule has 0 spiro atoms. The van der Waals surface area contributed by atoms with Gasteiger partial charge < -0.3 is 9.80 Å². The molecule has 0 bridgehead atoms. The molecule has 5 nitrogen and oxygen atoms in total. The highest BCUT2D eigenvalue weighted by molar-refractivity contribution is 6.31. The van der Waals surface area contributed by atoms with Crippen LogP contribution in [0, 0.1) is 5.82 Å². The lowest BCUT2D eigenvalue weighted by Crippen LogP contribution is -2.35. The van der Waals surface area contributed by atoms with Gasteiger partial charge in [-0.3, -0.25) is 4.90 Å². The number of anilines is 2. The van der Waals surface area contributed by atoms with Gasteiger partial charge in [0.25, 0.3) is 0 Å². The monoisotopic (exact) mass is 363 g/mol. The summed E-state index contributed by atoms with van der Waals surface area (Å²) in [5.41, 5.74) is 0.574. The fourth-order valence-electron chi connectivity index (χ4n) is 3.14. The molecule has 1 saturated heterocycles. The molecule has 1 atom stereocenters. The van der Waals surface area contributed by atoms with Gasteiger partial charge in [-0.1, -0.05) is 17.7 Å². The molecule has 7 heteroatoms. The molecule has 1 aromatic heterocycles. The second kappa shape index (κ2) is 7.54. The number of aromatic nitrogens is 2. The number of likely N-dealkylation sites (N-methyl/N-ethyl adjacent to an activating group) is 1. The van der Waals surface area contributed by atoms with Crippen molar-refractivity contribution in [2.75, 3.05) is 44.0 Å². The van der Waals surface area contributed by atoms with E-state index in [0.717, 1.165) is 31.1 Å².